The van der Waals surface area contributed by atoms with Crippen molar-refractivity contribution in [1.29, 1.82) is 5.46 Å². The second-order valence-electron chi connectivity index (χ2n) is 4.86. The number of hydrogen-bond acceptors (Lipinski definition) is 5. The molecule has 4 aromatic rings. The van der Waals surface area contributed by atoms with Gasteiger partial charge in [0.05, 0.1) is 22.8 Å². The summed E-state index contributed by atoms with van der Waals surface area (Å²) in [7, 11) is 4.57. The van der Waals surface area contributed by atoms with Crippen LogP contribution < -0.4 is 0 Å². The average Bonchev–Trinajstić information content (AvgIpc) is 2.84. The van der Waals surface area contributed by atoms with Crippen LogP contribution in [0.3, 0.4) is 0 Å². The summed E-state index contributed by atoms with van der Waals surface area (Å²) in [5.41, 5.74) is 9.41. The Balaban J connectivity index is 0.000000238. The zero-order valence-corrected chi connectivity index (χ0v) is 17.1. The zero-order chi connectivity index (χ0) is 20.5. The van der Waals surface area contributed by atoms with Crippen molar-refractivity contribution in [3.05, 3.63) is 97.6 Å². The molecule has 140 valence electrons. The molecule has 0 fully saturated rings. The Morgan fingerprint density at radius 1 is 0.500 bits per heavy atom. The van der Waals surface area contributed by atoms with E-state index in [1.807, 2.05) is 90.1 Å². The molecule has 0 saturated carbocycles. The van der Waals surface area contributed by atoms with E-state index < -0.39 is 0 Å². The summed E-state index contributed by atoms with van der Waals surface area (Å²) < 4.78 is 7.25. The largest absolute Gasteiger partial charge is 0.255 e. The summed E-state index contributed by atoms with van der Waals surface area (Å²) in [5.74, 6) is 0. The van der Waals surface area contributed by atoms with E-state index in [-0.39, 0.29) is 0 Å². The van der Waals surface area contributed by atoms with Crippen LogP contribution in [-0.2, 0) is 22.1 Å². The van der Waals surface area contributed by atoms with Gasteiger partial charge in [0.1, 0.15) is 0 Å². The molecule has 0 aliphatic heterocycles. The SMILES string of the molecule is N#[O+].[Cl][Ru+].c1ccc(-c2ccccn2)nc1.c1ccc(-c2ccccn2)nc1. The van der Waals surface area contributed by atoms with Crippen molar-refractivity contribution in [2.75, 3.05) is 0 Å². The molecule has 4 heterocycles. The number of hydrogen-bond donors (Lipinski definition) is 0. The molecule has 0 amide bonds. The van der Waals surface area contributed by atoms with Crippen molar-refractivity contribution in [2.24, 2.45) is 0 Å². The second kappa shape index (κ2) is 15.3. The molecule has 0 bridgehead atoms. The Labute approximate surface area is 177 Å². The van der Waals surface area contributed by atoms with Crippen LogP contribution in [0.2, 0.25) is 0 Å². The maximum absolute atomic E-state index is 7.25. The molecule has 0 unspecified atom stereocenters. The van der Waals surface area contributed by atoms with Gasteiger partial charge < -0.3 is 0 Å². The van der Waals surface area contributed by atoms with Crippen molar-refractivity contribution >= 4 is 9.69 Å². The molecule has 8 heteroatoms. The van der Waals surface area contributed by atoms with Gasteiger partial charge in [-0.15, -0.1) is 0 Å². The van der Waals surface area contributed by atoms with Crippen LogP contribution in [-0.4, -0.2) is 19.9 Å². The van der Waals surface area contributed by atoms with Gasteiger partial charge in [0, 0.05) is 24.8 Å². The van der Waals surface area contributed by atoms with E-state index in [4.69, 9.17) is 10.2 Å². The Morgan fingerprint density at radius 2 is 0.714 bits per heavy atom. The van der Waals surface area contributed by atoms with Gasteiger partial charge in [-0.1, -0.05) is 24.3 Å². The number of pyridine rings is 4. The predicted octanol–water partition coefficient (Wildman–Crippen LogP) is 4.87. The maximum atomic E-state index is 7.25. The molecule has 0 atom stereocenters. The molecular weight excluding hydrogens is 463 g/mol. The summed E-state index contributed by atoms with van der Waals surface area (Å²) >= 11 is 1.82. The minimum Gasteiger partial charge on any atom is -0.255 e. The summed E-state index contributed by atoms with van der Waals surface area (Å²) in [5, 5.41) is 0. The fourth-order valence-corrected chi connectivity index (χ4v) is 2.06. The van der Waals surface area contributed by atoms with Gasteiger partial charge in [-0.05, 0) is 48.5 Å². The molecule has 4 aromatic heterocycles. The fraction of sp³-hybridized carbons (Fsp3) is 0. The normalized spacial score (nSPS) is 8.57. The Morgan fingerprint density at radius 3 is 0.857 bits per heavy atom. The molecule has 0 spiro atoms. The molecule has 0 N–H and O–H groups in total. The van der Waals surface area contributed by atoms with E-state index in [1.165, 1.54) is 0 Å². The van der Waals surface area contributed by atoms with Crippen molar-refractivity contribution in [3.63, 3.8) is 0 Å². The summed E-state index contributed by atoms with van der Waals surface area (Å²) in [6.07, 6.45) is 7.07. The molecule has 0 aromatic carbocycles. The third kappa shape index (κ3) is 8.25. The van der Waals surface area contributed by atoms with Gasteiger partial charge in [0.2, 0.25) is 0 Å². The van der Waals surface area contributed by atoms with Crippen LogP contribution in [0.4, 0.5) is 0 Å². The van der Waals surface area contributed by atoms with Gasteiger partial charge in [-0.2, -0.15) is 0 Å². The van der Waals surface area contributed by atoms with Crippen molar-refractivity contribution in [3.8, 4) is 22.8 Å². The van der Waals surface area contributed by atoms with E-state index in [0.717, 1.165) is 22.8 Å². The van der Waals surface area contributed by atoms with E-state index >= 15 is 0 Å². The second-order valence-corrected chi connectivity index (χ2v) is 4.86. The number of aromatic nitrogens is 4. The van der Waals surface area contributed by atoms with Crippen LogP contribution in [0, 0.1) is 5.46 Å². The van der Waals surface area contributed by atoms with Crippen LogP contribution in [0.25, 0.3) is 22.8 Å². The van der Waals surface area contributed by atoms with Crippen LogP contribution in [0.15, 0.2) is 97.6 Å². The minimum atomic E-state index is 0.915. The average molecular weight is 479 g/mol. The standard InChI is InChI=1S/2C10H8N2.ClH.NO.Ru/c2*1-3-7-11-9(5-1)10-6-2-4-8-12-10;;1-2;/h2*1-8H;1H;;/q;;;+1;+2/p-1. The first-order valence-corrected chi connectivity index (χ1v) is 10.1. The predicted molar refractivity (Wildman–Crippen MR) is 103 cm³/mol. The topological polar surface area (TPSA) is 95.2 Å². The van der Waals surface area contributed by atoms with E-state index in [2.05, 4.69) is 29.6 Å². The first kappa shape index (κ1) is 23.2. The molecule has 0 radical (unpaired) electrons. The van der Waals surface area contributed by atoms with Gasteiger partial charge in [0.15, 0.2) is 0 Å². The molecule has 0 aliphatic carbocycles. The van der Waals surface area contributed by atoms with Crippen molar-refractivity contribution < 1.29 is 22.1 Å². The summed E-state index contributed by atoms with van der Waals surface area (Å²) in [4.78, 5) is 16.7. The summed E-state index contributed by atoms with van der Waals surface area (Å²) in [6.45, 7) is 0. The first-order chi connectivity index (χ1) is 13.9. The summed E-state index contributed by atoms with van der Waals surface area (Å²) in [6, 6.07) is 23.2. The fourth-order valence-electron chi connectivity index (χ4n) is 2.06. The van der Waals surface area contributed by atoms with Gasteiger partial charge in [-0.3, -0.25) is 19.9 Å². The maximum Gasteiger partial charge on any atom is 0.0886 e. The Bertz CT molecular complexity index is 748. The number of rotatable bonds is 2. The minimum absolute atomic E-state index is 0.915. The quantitative estimate of drug-likeness (QED) is 0.302. The monoisotopic (exact) mass is 479 g/mol. The van der Waals surface area contributed by atoms with Crippen LogP contribution in [0.1, 0.15) is 0 Å². The Hall–Kier alpha value is -2.82. The molecular formula is C20H16ClN5ORu+2. The van der Waals surface area contributed by atoms with Gasteiger partial charge in [0.25, 0.3) is 0 Å². The molecule has 0 saturated heterocycles. The van der Waals surface area contributed by atoms with Gasteiger partial charge >= 0.3 is 37.2 Å². The Kier molecular flexibility index (Phi) is 12.7. The van der Waals surface area contributed by atoms with E-state index in [0.29, 0.717) is 0 Å². The first-order valence-electron chi connectivity index (χ1n) is 7.90. The molecule has 4 rings (SSSR count). The van der Waals surface area contributed by atoms with Gasteiger partial charge in [-0.25, -0.2) is 0 Å². The smallest absolute Gasteiger partial charge is 0.0886 e. The van der Waals surface area contributed by atoms with E-state index in [9.17, 15) is 0 Å². The third-order valence-corrected chi connectivity index (χ3v) is 3.18. The number of nitrogens with zero attached hydrogens (tertiary/aromatic N) is 5. The van der Waals surface area contributed by atoms with Crippen LogP contribution >= 0.6 is 9.69 Å². The molecule has 6 nitrogen and oxygen atoms in total. The molecule has 0 aliphatic rings. The third-order valence-electron chi connectivity index (χ3n) is 3.18. The zero-order valence-electron chi connectivity index (χ0n) is 14.6. The van der Waals surface area contributed by atoms with E-state index in [1.54, 1.807) is 24.8 Å². The number of halogens is 1. The van der Waals surface area contributed by atoms with Crippen molar-refractivity contribution in [1.82, 2.24) is 19.9 Å². The molecule has 28 heavy (non-hydrogen) atoms. The van der Waals surface area contributed by atoms with Crippen molar-refractivity contribution in [2.45, 2.75) is 0 Å². The van der Waals surface area contributed by atoms with Crippen LogP contribution in [0.5, 0.6) is 0 Å².